The molecule has 0 rings (SSSR count). The van der Waals surface area contributed by atoms with E-state index in [1.54, 1.807) is 0 Å². The average molecular weight is 248 g/mol. The van der Waals surface area contributed by atoms with Gasteiger partial charge in [0.1, 0.15) is 0 Å². The maximum Gasteiger partial charge on any atom is 0.302 e. The second kappa shape index (κ2) is 17.2. The predicted octanol–water partition coefficient (Wildman–Crippen LogP) is 4.28. The summed E-state index contributed by atoms with van der Waals surface area (Å²) < 4.78 is 4.11. The van der Waals surface area contributed by atoms with E-state index in [2.05, 4.69) is 30.3 Å². The molecule has 0 N–H and O–H groups in total. The van der Waals surface area contributed by atoms with Gasteiger partial charge in [-0.15, -0.1) is 0 Å². The predicted molar refractivity (Wildman–Crippen MR) is 74.1 cm³/mol. The number of rotatable bonds is 8. The van der Waals surface area contributed by atoms with Crippen LogP contribution in [0.5, 0.6) is 0 Å². The molecule has 0 atom stereocenters. The lowest BCUT2D eigenvalue weighted by atomic mass is 10.3. The van der Waals surface area contributed by atoms with Crippen LogP contribution >= 0.6 is 11.8 Å². The van der Waals surface area contributed by atoms with Crippen LogP contribution in [0.3, 0.4) is 0 Å². The minimum Gasteiger partial charge on any atom is -0.469 e. The summed E-state index contributed by atoms with van der Waals surface area (Å²) in [7, 11) is 1.35. The van der Waals surface area contributed by atoms with E-state index in [-0.39, 0.29) is 5.97 Å². The second-order valence-corrected chi connectivity index (χ2v) is 4.95. The van der Waals surface area contributed by atoms with E-state index in [1.807, 2.05) is 0 Å². The molecule has 0 radical (unpaired) electrons. The highest BCUT2D eigenvalue weighted by Crippen LogP contribution is 2.09. The molecule has 0 heterocycles. The molecule has 0 unspecified atom stereocenters. The Hall–Kier alpha value is -0.180. The highest BCUT2D eigenvalue weighted by molar-refractivity contribution is 7.99. The molecule has 0 fully saturated rings. The number of hydrogen-bond donors (Lipinski definition) is 0. The fourth-order valence-electron chi connectivity index (χ4n) is 1.01. The number of unbranched alkanes of at least 4 members (excludes halogenated alkanes) is 4. The highest BCUT2D eigenvalue weighted by Gasteiger charge is 1.88. The number of carbonyl (C=O) groups excluding carboxylic acids is 1. The number of methoxy groups -OCH3 is 1. The molecular formula is C13H28O2S. The third-order valence-corrected chi connectivity index (χ3v) is 3.23. The van der Waals surface area contributed by atoms with Gasteiger partial charge in [0, 0.05) is 6.92 Å². The zero-order valence-electron chi connectivity index (χ0n) is 11.4. The van der Waals surface area contributed by atoms with Gasteiger partial charge >= 0.3 is 5.97 Å². The maximum absolute atomic E-state index is 9.59. The van der Waals surface area contributed by atoms with Crippen molar-refractivity contribution in [1.29, 1.82) is 0 Å². The van der Waals surface area contributed by atoms with Gasteiger partial charge in [-0.2, -0.15) is 11.8 Å². The Labute approximate surface area is 106 Å². The number of carbonyl (C=O) groups is 1. The Balaban J connectivity index is 0. The molecule has 16 heavy (non-hydrogen) atoms. The molecule has 0 aromatic heterocycles. The Morgan fingerprint density at radius 3 is 1.62 bits per heavy atom. The lowest BCUT2D eigenvalue weighted by molar-refractivity contribution is -0.137. The van der Waals surface area contributed by atoms with Crippen LogP contribution in [0.1, 0.15) is 59.3 Å². The zero-order chi connectivity index (χ0) is 12.6. The topological polar surface area (TPSA) is 26.3 Å². The summed E-state index contributed by atoms with van der Waals surface area (Å²) in [5.74, 6) is 2.53. The molecule has 98 valence electrons. The lowest BCUT2D eigenvalue weighted by Gasteiger charge is -1.99. The summed E-state index contributed by atoms with van der Waals surface area (Å²) in [6.45, 7) is 5.89. The molecule has 0 aliphatic carbocycles. The fourth-order valence-corrected chi connectivity index (χ4v) is 2.03. The molecule has 0 aromatic rings. The van der Waals surface area contributed by atoms with Gasteiger partial charge in [-0.25, -0.2) is 0 Å². The molecular weight excluding hydrogens is 220 g/mol. The number of ether oxygens (including phenoxy) is 1. The molecule has 0 aliphatic rings. The lowest BCUT2D eigenvalue weighted by Crippen LogP contribution is -1.88. The van der Waals surface area contributed by atoms with E-state index in [0.717, 1.165) is 0 Å². The minimum absolute atomic E-state index is 0.245. The zero-order valence-corrected chi connectivity index (χ0v) is 12.2. The van der Waals surface area contributed by atoms with Gasteiger partial charge in [0.25, 0.3) is 0 Å². The Bertz CT molecular complexity index is 130. The first-order valence-electron chi connectivity index (χ1n) is 6.31. The van der Waals surface area contributed by atoms with Crippen molar-refractivity contribution >= 4 is 17.7 Å². The molecule has 0 amide bonds. The van der Waals surface area contributed by atoms with Gasteiger partial charge in [-0.1, -0.05) is 39.5 Å². The van der Waals surface area contributed by atoms with Crippen LogP contribution in [0.4, 0.5) is 0 Å². The third kappa shape index (κ3) is 23.6. The van der Waals surface area contributed by atoms with Crippen LogP contribution in [0.25, 0.3) is 0 Å². The summed E-state index contributed by atoms with van der Waals surface area (Å²) in [5, 5.41) is 0. The molecule has 2 nitrogen and oxygen atoms in total. The van der Waals surface area contributed by atoms with E-state index in [4.69, 9.17) is 0 Å². The molecule has 3 heteroatoms. The van der Waals surface area contributed by atoms with Crippen molar-refractivity contribution in [1.82, 2.24) is 0 Å². The summed E-state index contributed by atoms with van der Waals surface area (Å²) in [5.41, 5.74) is 0. The van der Waals surface area contributed by atoms with E-state index < -0.39 is 0 Å². The van der Waals surface area contributed by atoms with Crippen LogP contribution in [0.15, 0.2) is 0 Å². The van der Waals surface area contributed by atoms with Crippen molar-refractivity contribution in [2.75, 3.05) is 18.6 Å². The number of thioether (sulfide) groups is 1. The minimum atomic E-state index is -0.245. The monoisotopic (exact) mass is 248 g/mol. The average Bonchev–Trinajstić information content (AvgIpc) is 2.29. The van der Waals surface area contributed by atoms with E-state index in [1.165, 1.54) is 64.1 Å². The fraction of sp³-hybridized carbons (Fsp3) is 0.923. The van der Waals surface area contributed by atoms with Gasteiger partial charge < -0.3 is 4.74 Å². The molecule has 0 saturated heterocycles. The summed E-state index contributed by atoms with van der Waals surface area (Å²) >= 11 is 2.13. The van der Waals surface area contributed by atoms with Crippen LogP contribution in [-0.4, -0.2) is 24.6 Å². The first-order valence-corrected chi connectivity index (χ1v) is 7.46. The Morgan fingerprint density at radius 1 is 1.00 bits per heavy atom. The van der Waals surface area contributed by atoms with Gasteiger partial charge in [0.05, 0.1) is 7.11 Å². The number of hydrogen-bond acceptors (Lipinski definition) is 3. The molecule has 0 aliphatic heterocycles. The quantitative estimate of drug-likeness (QED) is 0.474. The summed E-state index contributed by atoms with van der Waals surface area (Å²) in [6.07, 6.45) is 8.40. The normalized spacial score (nSPS) is 9.25. The smallest absolute Gasteiger partial charge is 0.302 e. The first kappa shape index (κ1) is 18.2. The van der Waals surface area contributed by atoms with E-state index >= 15 is 0 Å². The van der Waals surface area contributed by atoms with Crippen LogP contribution < -0.4 is 0 Å². The van der Waals surface area contributed by atoms with E-state index in [0.29, 0.717) is 0 Å². The van der Waals surface area contributed by atoms with Gasteiger partial charge in [0.15, 0.2) is 0 Å². The second-order valence-electron chi connectivity index (χ2n) is 3.72. The SMILES string of the molecule is CCCCCSCCCCC.COC(C)=O. The van der Waals surface area contributed by atoms with Gasteiger partial charge in [-0.3, -0.25) is 4.79 Å². The van der Waals surface area contributed by atoms with Gasteiger partial charge in [0.2, 0.25) is 0 Å². The van der Waals surface area contributed by atoms with Crippen LogP contribution in [-0.2, 0) is 9.53 Å². The van der Waals surface area contributed by atoms with Gasteiger partial charge in [-0.05, 0) is 24.3 Å². The Kier molecular flexibility index (Phi) is 19.6. The summed E-state index contributed by atoms with van der Waals surface area (Å²) in [4.78, 5) is 9.59. The molecule has 0 spiro atoms. The highest BCUT2D eigenvalue weighted by atomic mass is 32.2. The van der Waals surface area contributed by atoms with Crippen LogP contribution in [0.2, 0.25) is 0 Å². The third-order valence-electron chi connectivity index (χ3n) is 2.07. The van der Waals surface area contributed by atoms with Crippen molar-refractivity contribution in [3.8, 4) is 0 Å². The van der Waals surface area contributed by atoms with Crippen molar-refractivity contribution in [2.24, 2.45) is 0 Å². The van der Waals surface area contributed by atoms with Crippen molar-refractivity contribution in [3.05, 3.63) is 0 Å². The largest absolute Gasteiger partial charge is 0.469 e. The Morgan fingerprint density at radius 2 is 1.38 bits per heavy atom. The molecule has 0 aromatic carbocycles. The van der Waals surface area contributed by atoms with Crippen LogP contribution in [0, 0.1) is 0 Å². The van der Waals surface area contributed by atoms with Crippen molar-refractivity contribution < 1.29 is 9.53 Å². The maximum atomic E-state index is 9.59. The first-order chi connectivity index (χ1) is 7.68. The molecule has 0 saturated carbocycles. The van der Waals surface area contributed by atoms with E-state index in [9.17, 15) is 4.79 Å². The number of esters is 1. The molecule has 0 bridgehead atoms. The van der Waals surface area contributed by atoms with Crippen molar-refractivity contribution in [3.63, 3.8) is 0 Å². The van der Waals surface area contributed by atoms with Crippen molar-refractivity contribution in [2.45, 2.75) is 59.3 Å². The summed E-state index contributed by atoms with van der Waals surface area (Å²) in [6, 6.07) is 0. The standard InChI is InChI=1S/C10H22S.C3H6O2/c1-3-5-7-9-11-10-8-6-4-2;1-3(4)5-2/h3-10H2,1-2H3;1-2H3.